The average Bonchev–Trinajstić information content (AvgIpc) is 2.99. The maximum absolute atomic E-state index is 12.1. The first-order chi connectivity index (χ1) is 11.1. The highest BCUT2D eigenvalue weighted by Crippen LogP contribution is 2.26. The molecule has 120 valence electrons. The molecular formula is C16H17BrN4O2. The number of anilines is 1. The maximum atomic E-state index is 12.1. The zero-order valence-electron chi connectivity index (χ0n) is 12.4. The van der Waals surface area contributed by atoms with Crippen molar-refractivity contribution < 1.29 is 9.59 Å². The Labute approximate surface area is 142 Å². The van der Waals surface area contributed by atoms with E-state index in [4.69, 9.17) is 0 Å². The Kier molecular flexibility index (Phi) is 4.66. The van der Waals surface area contributed by atoms with Gasteiger partial charge in [-0.25, -0.2) is 0 Å². The van der Waals surface area contributed by atoms with Gasteiger partial charge in [-0.2, -0.15) is 0 Å². The Balaban J connectivity index is 1.55. The van der Waals surface area contributed by atoms with E-state index in [0.717, 1.165) is 29.5 Å². The van der Waals surface area contributed by atoms with Gasteiger partial charge >= 0.3 is 0 Å². The number of hydrogen-bond acceptors (Lipinski definition) is 3. The smallest absolute Gasteiger partial charge is 0.286 e. The first-order valence-electron chi connectivity index (χ1n) is 7.39. The Hall–Kier alpha value is -2.28. The number of aromatic nitrogens is 1. The van der Waals surface area contributed by atoms with Gasteiger partial charge in [-0.1, -0.05) is 18.2 Å². The van der Waals surface area contributed by atoms with Crippen LogP contribution in [0.15, 0.2) is 41.0 Å². The number of H-pyrrole nitrogens is 1. The number of amides is 2. The average molecular weight is 377 g/mol. The number of para-hydroxylation sites is 1. The molecule has 3 rings (SSSR count). The monoisotopic (exact) mass is 376 g/mol. The van der Waals surface area contributed by atoms with Crippen LogP contribution in [0.3, 0.4) is 0 Å². The lowest BCUT2D eigenvalue weighted by atomic mass is 10.0. The molecular weight excluding hydrogens is 360 g/mol. The Bertz CT molecular complexity index is 728. The van der Waals surface area contributed by atoms with Crippen molar-refractivity contribution in [2.75, 3.05) is 18.0 Å². The van der Waals surface area contributed by atoms with E-state index in [-0.39, 0.29) is 18.4 Å². The molecule has 2 aromatic rings. The van der Waals surface area contributed by atoms with Gasteiger partial charge in [0.05, 0.1) is 6.54 Å². The number of hydrazine groups is 1. The Morgan fingerprint density at radius 2 is 2.09 bits per heavy atom. The number of aryl methyl sites for hydroxylation is 1. The van der Waals surface area contributed by atoms with Crippen LogP contribution in [0, 0.1) is 0 Å². The molecule has 6 nitrogen and oxygen atoms in total. The lowest BCUT2D eigenvalue weighted by Crippen LogP contribution is -2.47. The van der Waals surface area contributed by atoms with E-state index in [0.29, 0.717) is 5.69 Å². The van der Waals surface area contributed by atoms with Crippen LogP contribution in [-0.2, 0) is 11.2 Å². The highest BCUT2D eigenvalue weighted by atomic mass is 79.9. The van der Waals surface area contributed by atoms with Crippen molar-refractivity contribution >= 4 is 33.4 Å². The van der Waals surface area contributed by atoms with Gasteiger partial charge in [-0.05, 0) is 46.5 Å². The third-order valence-corrected chi connectivity index (χ3v) is 4.21. The van der Waals surface area contributed by atoms with E-state index in [9.17, 15) is 9.59 Å². The molecule has 0 radical (unpaired) electrons. The van der Waals surface area contributed by atoms with Gasteiger partial charge in [-0.15, -0.1) is 0 Å². The van der Waals surface area contributed by atoms with Crippen molar-refractivity contribution in [2.24, 2.45) is 0 Å². The predicted octanol–water partition coefficient (Wildman–Crippen LogP) is 1.99. The zero-order chi connectivity index (χ0) is 16.2. The van der Waals surface area contributed by atoms with Crippen LogP contribution in [0.1, 0.15) is 22.5 Å². The molecule has 1 aromatic carbocycles. The number of nitrogens with one attached hydrogen (secondary N) is 3. The van der Waals surface area contributed by atoms with E-state index in [1.54, 1.807) is 12.3 Å². The summed E-state index contributed by atoms with van der Waals surface area (Å²) < 4.78 is 0.777. The third-order valence-electron chi connectivity index (χ3n) is 3.75. The molecule has 0 saturated heterocycles. The molecule has 1 aromatic heterocycles. The van der Waals surface area contributed by atoms with Gasteiger partial charge in [0, 0.05) is 22.9 Å². The van der Waals surface area contributed by atoms with E-state index >= 15 is 0 Å². The second-order valence-electron chi connectivity index (χ2n) is 5.39. The van der Waals surface area contributed by atoms with Crippen molar-refractivity contribution in [1.29, 1.82) is 0 Å². The minimum Gasteiger partial charge on any atom is -0.362 e. The largest absolute Gasteiger partial charge is 0.362 e. The molecule has 0 aliphatic carbocycles. The second kappa shape index (κ2) is 6.87. The number of hydrogen-bond donors (Lipinski definition) is 3. The summed E-state index contributed by atoms with van der Waals surface area (Å²) >= 11 is 3.26. The first kappa shape index (κ1) is 15.6. The standard InChI is InChI=1S/C16H17BrN4O2/c17-12-8-13(18-9-12)16(23)20-19-15(22)10-21-7-3-5-11-4-1-2-6-14(11)21/h1-2,4,6,8-9,18H,3,5,7,10H2,(H,19,22)(H,20,23). The summed E-state index contributed by atoms with van der Waals surface area (Å²) in [6.45, 7) is 1.05. The lowest BCUT2D eigenvalue weighted by molar-refractivity contribution is -0.120. The van der Waals surface area contributed by atoms with Crippen LogP contribution < -0.4 is 15.8 Å². The minimum atomic E-state index is -0.386. The summed E-state index contributed by atoms with van der Waals surface area (Å²) in [5.41, 5.74) is 7.58. The molecule has 2 amide bonds. The van der Waals surface area contributed by atoms with Gasteiger partial charge < -0.3 is 9.88 Å². The first-order valence-corrected chi connectivity index (χ1v) is 8.19. The number of rotatable bonds is 3. The molecule has 23 heavy (non-hydrogen) atoms. The minimum absolute atomic E-state index is 0.214. The van der Waals surface area contributed by atoms with Crippen LogP contribution in [-0.4, -0.2) is 29.9 Å². The van der Waals surface area contributed by atoms with Gasteiger partial charge in [0.25, 0.3) is 11.8 Å². The Morgan fingerprint density at radius 3 is 2.87 bits per heavy atom. The summed E-state index contributed by atoms with van der Waals surface area (Å²) in [6, 6.07) is 9.74. The predicted molar refractivity (Wildman–Crippen MR) is 91.1 cm³/mol. The van der Waals surface area contributed by atoms with Gasteiger partial charge in [0.15, 0.2) is 0 Å². The van der Waals surface area contributed by atoms with Gasteiger partial charge in [-0.3, -0.25) is 20.4 Å². The molecule has 1 aliphatic rings. The maximum Gasteiger partial charge on any atom is 0.286 e. The topological polar surface area (TPSA) is 77.2 Å². The molecule has 0 bridgehead atoms. The second-order valence-corrected chi connectivity index (χ2v) is 6.30. The fraction of sp³-hybridized carbons (Fsp3) is 0.250. The number of nitrogens with zero attached hydrogens (tertiary/aromatic N) is 1. The van der Waals surface area contributed by atoms with Crippen molar-refractivity contribution in [1.82, 2.24) is 15.8 Å². The Morgan fingerprint density at radius 1 is 1.26 bits per heavy atom. The van der Waals surface area contributed by atoms with Gasteiger partial charge in [0.2, 0.25) is 0 Å². The molecule has 0 fully saturated rings. The fourth-order valence-electron chi connectivity index (χ4n) is 2.68. The zero-order valence-corrected chi connectivity index (χ0v) is 14.0. The number of aromatic amines is 1. The van der Waals surface area contributed by atoms with Crippen molar-refractivity contribution in [2.45, 2.75) is 12.8 Å². The molecule has 0 atom stereocenters. The van der Waals surface area contributed by atoms with Crippen LogP contribution in [0.25, 0.3) is 0 Å². The molecule has 3 N–H and O–H groups in total. The highest BCUT2D eigenvalue weighted by molar-refractivity contribution is 9.10. The summed E-state index contributed by atoms with van der Waals surface area (Å²) in [4.78, 5) is 28.8. The van der Waals surface area contributed by atoms with Gasteiger partial charge in [0.1, 0.15) is 5.69 Å². The number of halogens is 1. The molecule has 0 spiro atoms. The fourth-order valence-corrected chi connectivity index (χ4v) is 3.02. The number of carbonyl (C=O) groups is 2. The summed E-state index contributed by atoms with van der Waals surface area (Å²) in [6.07, 6.45) is 3.71. The molecule has 0 saturated carbocycles. The normalized spacial score (nSPS) is 13.3. The highest BCUT2D eigenvalue weighted by Gasteiger charge is 2.19. The number of fused-ring (bicyclic) bond motifs is 1. The van der Waals surface area contributed by atoms with Crippen LogP contribution in [0.4, 0.5) is 5.69 Å². The molecule has 2 heterocycles. The number of benzene rings is 1. The summed E-state index contributed by atoms with van der Waals surface area (Å²) in [7, 11) is 0. The van der Waals surface area contributed by atoms with E-state index < -0.39 is 0 Å². The SMILES string of the molecule is O=C(CN1CCCc2ccccc21)NNC(=O)c1cc(Br)c[nH]1. The van der Waals surface area contributed by atoms with E-state index in [1.165, 1.54) is 5.56 Å². The van der Waals surface area contributed by atoms with E-state index in [2.05, 4.69) is 37.8 Å². The van der Waals surface area contributed by atoms with E-state index in [1.807, 2.05) is 23.1 Å². The molecule has 0 unspecified atom stereocenters. The molecule has 7 heteroatoms. The van der Waals surface area contributed by atoms with Crippen LogP contribution in [0.2, 0.25) is 0 Å². The quantitative estimate of drug-likeness (QED) is 0.716. The van der Waals surface area contributed by atoms with Crippen molar-refractivity contribution in [3.8, 4) is 0 Å². The number of carbonyl (C=O) groups excluding carboxylic acids is 2. The van der Waals surface area contributed by atoms with Crippen molar-refractivity contribution in [3.05, 3.63) is 52.3 Å². The van der Waals surface area contributed by atoms with Crippen molar-refractivity contribution in [3.63, 3.8) is 0 Å². The lowest BCUT2D eigenvalue weighted by Gasteiger charge is -2.30. The summed E-state index contributed by atoms with van der Waals surface area (Å²) in [5.74, 6) is -0.635. The van der Waals surface area contributed by atoms with Crippen LogP contribution in [0.5, 0.6) is 0 Å². The summed E-state index contributed by atoms with van der Waals surface area (Å²) in [5, 5.41) is 0. The third kappa shape index (κ3) is 3.73. The molecule has 1 aliphatic heterocycles. The van der Waals surface area contributed by atoms with Crippen LogP contribution >= 0.6 is 15.9 Å².